The number of rotatable bonds is 5. The summed E-state index contributed by atoms with van der Waals surface area (Å²) in [5.74, 6) is 0. The smallest absolute Gasteiger partial charge is 0.116 e. The molecule has 0 saturated heterocycles. The van der Waals surface area contributed by atoms with Crippen LogP contribution in [-0.4, -0.2) is 9.97 Å². The molecule has 0 fully saturated rings. The van der Waals surface area contributed by atoms with E-state index >= 15 is 0 Å². The van der Waals surface area contributed by atoms with E-state index in [0.717, 1.165) is 27.0 Å². The molecule has 4 heteroatoms. The minimum Gasteiger partial charge on any atom is -0.235 e. The van der Waals surface area contributed by atoms with Gasteiger partial charge in [0.05, 0.1) is 15.9 Å². The van der Waals surface area contributed by atoms with E-state index in [4.69, 9.17) is 4.98 Å². The van der Waals surface area contributed by atoms with Gasteiger partial charge in [-0.05, 0) is 68.8 Å². The molecule has 0 N–H and O–H groups in total. The molecule has 0 aliphatic carbocycles. The van der Waals surface area contributed by atoms with Gasteiger partial charge < -0.3 is 0 Å². The molecule has 50 heavy (non-hydrogen) atoms. The Labute approximate surface area is 297 Å². The number of hydrogen-bond acceptors (Lipinski definition) is 4. The number of benzene rings is 7. The molecule has 3 heterocycles. The molecule has 0 bridgehead atoms. The lowest BCUT2D eigenvalue weighted by Gasteiger charge is -2.16. The van der Waals surface area contributed by atoms with Crippen molar-refractivity contribution in [2.75, 3.05) is 0 Å². The summed E-state index contributed by atoms with van der Waals surface area (Å²) in [6, 6.07) is 59.3. The zero-order valence-corrected chi connectivity index (χ0v) is 28.5. The van der Waals surface area contributed by atoms with Crippen molar-refractivity contribution in [3.63, 3.8) is 0 Å². The molecular formula is C46H28N2S2. The Morgan fingerprint density at radius 3 is 1.54 bits per heavy atom. The average molecular weight is 673 g/mol. The third-order valence-electron chi connectivity index (χ3n) is 9.64. The lowest BCUT2D eigenvalue weighted by Crippen LogP contribution is -1.91. The monoisotopic (exact) mass is 672 g/mol. The van der Waals surface area contributed by atoms with Crippen LogP contribution in [0.25, 0.3) is 96.2 Å². The second kappa shape index (κ2) is 11.9. The molecule has 234 valence electrons. The Morgan fingerprint density at radius 2 is 0.820 bits per heavy atom. The van der Waals surface area contributed by atoms with Crippen molar-refractivity contribution >= 4 is 63.1 Å². The molecule has 0 saturated carbocycles. The Balaban J connectivity index is 1.08. The molecule has 3 aromatic heterocycles. The van der Waals surface area contributed by atoms with E-state index in [2.05, 4.69) is 169 Å². The van der Waals surface area contributed by atoms with Crippen molar-refractivity contribution in [3.8, 4) is 55.8 Å². The first-order chi connectivity index (χ1) is 24.8. The van der Waals surface area contributed by atoms with E-state index in [1.54, 1.807) is 17.7 Å². The van der Waals surface area contributed by atoms with E-state index in [0.29, 0.717) is 0 Å². The highest BCUT2D eigenvalue weighted by Crippen LogP contribution is 2.43. The van der Waals surface area contributed by atoms with E-state index < -0.39 is 0 Å². The fourth-order valence-corrected chi connectivity index (χ4v) is 9.74. The maximum atomic E-state index is 4.81. The Morgan fingerprint density at radius 1 is 0.340 bits per heavy atom. The lowest BCUT2D eigenvalue weighted by molar-refractivity contribution is 1.24. The maximum absolute atomic E-state index is 4.81. The van der Waals surface area contributed by atoms with Gasteiger partial charge in [-0.2, -0.15) is 0 Å². The first-order valence-corrected chi connectivity index (χ1v) is 18.4. The van der Waals surface area contributed by atoms with Gasteiger partial charge in [-0.25, -0.2) is 9.97 Å². The van der Waals surface area contributed by atoms with Crippen LogP contribution < -0.4 is 0 Å². The Hall–Kier alpha value is -5.94. The quantitative estimate of drug-likeness (QED) is 0.182. The van der Waals surface area contributed by atoms with Crippen LogP contribution in [-0.2, 0) is 0 Å². The van der Waals surface area contributed by atoms with Crippen LogP contribution in [0.5, 0.6) is 0 Å². The van der Waals surface area contributed by atoms with Gasteiger partial charge in [0.2, 0.25) is 0 Å². The molecular weight excluding hydrogens is 645 g/mol. The van der Waals surface area contributed by atoms with Gasteiger partial charge >= 0.3 is 0 Å². The highest BCUT2D eigenvalue weighted by atomic mass is 32.1. The van der Waals surface area contributed by atoms with Crippen LogP contribution >= 0.6 is 22.7 Å². The van der Waals surface area contributed by atoms with E-state index in [9.17, 15) is 0 Å². The van der Waals surface area contributed by atoms with Crippen molar-refractivity contribution in [1.82, 2.24) is 9.97 Å². The number of fused-ring (bicyclic) bond motifs is 6. The summed E-state index contributed by atoms with van der Waals surface area (Å²) in [5, 5.41) is 3.82. The Bertz CT molecular complexity index is 2700. The van der Waals surface area contributed by atoms with E-state index in [-0.39, 0.29) is 0 Å². The SMILES string of the molecule is c1cc(-c2ccccc2-c2ccccc2-c2cccc(-c3ncnc4c3sc3ccccc34)c2)cc(-c2cccc3c2sc2ccccc23)c1. The highest BCUT2D eigenvalue weighted by Gasteiger charge is 2.17. The average Bonchev–Trinajstić information content (AvgIpc) is 3.77. The molecule has 0 atom stereocenters. The second-order valence-electron chi connectivity index (χ2n) is 12.5. The summed E-state index contributed by atoms with van der Waals surface area (Å²) in [6.07, 6.45) is 1.70. The van der Waals surface area contributed by atoms with Gasteiger partial charge in [-0.3, -0.25) is 0 Å². The normalized spacial score (nSPS) is 11.6. The number of aromatic nitrogens is 2. The van der Waals surface area contributed by atoms with E-state index in [1.807, 2.05) is 11.3 Å². The van der Waals surface area contributed by atoms with Crippen LogP contribution in [0, 0.1) is 0 Å². The summed E-state index contributed by atoms with van der Waals surface area (Å²) in [6.45, 7) is 0. The summed E-state index contributed by atoms with van der Waals surface area (Å²) in [7, 11) is 0. The van der Waals surface area contributed by atoms with Gasteiger partial charge in [-0.1, -0.05) is 140 Å². The molecule has 0 unspecified atom stereocenters. The maximum Gasteiger partial charge on any atom is 0.116 e. The number of thiophene rings is 2. The van der Waals surface area contributed by atoms with Gasteiger partial charge in [0.25, 0.3) is 0 Å². The number of hydrogen-bond donors (Lipinski definition) is 0. The number of nitrogens with zero attached hydrogens (tertiary/aromatic N) is 2. The van der Waals surface area contributed by atoms with Crippen molar-refractivity contribution in [3.05, 3.63) is 170 Å². The minimum atomic E-state index is 0.974. The van der Waals surface area contributed by atoms with Gasteiger partial charge in [0.1, 0.15) is 6.33 Å². The summed E-state index contributed by atoms with van der Waals surface area (Å²) in [4.78, 5) is 9.48. The second-order valence-corrected chi connectivity index (χ2v) is 14.6. The predicted molar refractivity (Wildman–Crippen MR) is 215 cm³/mol. The fourth-order valence-electron chi connectivity index (χ4n) is 7.33. The first kappa shape index (κ1) is 29.0. The zero-order valence-electron chi connectivity index (χ0n) is 26.9. The van der Waals surface area contributed by atoms with Crippen LogP contribution in [0.15, 0.2) is 170 Å². The minimum absolute atomic E-state index is 0.974. The van der Waals surface area contributed by atoms with Crippen molar-refractivity contribution < 1.29 is 0 Å². The molecule has 10 rings (SSSR count). The first-order valence-electron chi connectivity index (χ1n) is 16.7. The largest absolute Gasteiger partial charge is 0.235 e. The van der Waals surface area contributed by atoms with Crippen LogP contribution in [0.4, 0.5) is 0 Å². The summed E-state index contributed by atoms with van der Waals surface area (Å²) in [5.41, 5.74) is 12.8. The molecule has 0 radical (unpaired) electrons. The molecule has 10 aromatic rings. The molecule has 0 aliphatic rings. The standard InChI is InChI=1S/C46H28N2S2/c1-3-18-36(33(16-1)29-12-9-14-31(26-29)35-22-11-23-39-38-20-5-7-24-41(38)49-45(35)39)37-19-4-2-17-34(37)30-13-10-15-32(27-30)43-46-44(48-28-47-43)40-21-6-8-25-42(40)50-46/h1-28H. The van der Waals surface area contributed by atoms with Gasteiger partial charge in [0, 0.05) is 35.8 Å². The third-order valence-corrected chi connectivity index (χ3v) is 12.0. The van der Waals surface area contributed by atoms with Crippen LogP contribution in [0.1, 0.15) is 0 Å². The predicted octanol–water partition coefficient (Wildman–Crippen LogP) is 13.5. The molecule has 0 aliphatic heterocycles. The molecule has 0 spiro atoms. The van der Waals surface area contributed by atoms with Gasteiger partial charge in [-0.15, -0.1) is 22.7 Å². The Kier molecular flexibility index (Phi) is 6.90. The summed E-state index contributed by atoms with van der Waals surface area (Å²) >= 11 is 3.64. The van der Waals surface area contributed by atoms with Crippen molar-refractivity contribution in [2.24, 2.45) is 0 Å². The van der Waals surface area contributed by atoms with Crippen LogP contribution in [0.3, 0.4) is 0 Å². The lowest BCUT2D eigenvalue weighted by atomic mass is 9.88. The van der Waals surface area contributed by atoms with Crippen molar-refractivity contribution in [2.45, 2.75) is 0 Å². The summed E-state index contributed by atoms with van der Waals surface area (Å²) < 4.78 is 5.01. The fraction of sp³-hybridized carbons (Fsp3) is 0. The van der Waals surface area contributed by atoms with E-state index in [1.165, 1.54) is 69.2 Å². The molecule has 7 aromatic carbocycles. The highest BCUT2D eigenvalue weighted by molar-refractivity contribution is 7.26. The molecule has 2 nitrogen and oxygen atoms in total. The van der Waals surface area contributed by atoms with Crippen LogP contribution in [0.2, 0.25) is 0 Å². The van der Waals surface area contributed by atoms with Gasteiger partial charge in [0.15, 0.2) is 0 Å². The molecule has 0 amide bonds. The third kappa shape index (κ3) is 4.76. The topological polar surface area (TPSA) is 25.8 Å². The zero-order chi connectivity index (χ0) is 33.0. The van der Waals surface area contributed by atoms with Crippen molar-refractivity contribution in [1.29, 1.82) is 0 Å².